The van der Waals surface area contributed by atoms with Gasteiger partial charge in [0.05, 0.1) is 5.60 Å². The maximum Gasteiger partial charge on any atom is 0.0653 e. The van der Waals surface area contributed by atoms with E-state index in [1.807, 2.05) is 0 Å². The molecule has 1 nitrogen and oxygen atoms in total. The predicted octanol–water partition coefficient (Wildman–Crippen LogP) is 4.14. The van der Waals surface area contributed by atoms with Crippen molar-refractivity contribution >= 4 is 0 Å². The summed E-state index contributed by atoms with van der Waals surface area (Å²) in [4.78, 5) is 0. The Labute approximate surface area is 95.3 Å². The van der Waals surface area contributed by atoms with Crippen LogP contribution in [0.3, 0.4) is 0 Å². The van der Waals surface area contributed by atoms with Gasteiger partial charge < -0.3 is 5.11 Å². The first-order chi connectivity index (χ1) is 7.13. The molecular weight excluding hydrogens is 184 g/mol. The topological polar surface area (TPSA) is 20.2 Å². The predicted molar refractivity (Wildman–Crippen MR) is 65.9 cm³/mol. The normalized spacial score (nSPS) is 32.2. The molecule has 1 N–H and O–H groups in total. The maximum absolute atomic E-state index is 10.6. The van der Waals surface area contributed by atoms with Crippen molar-refractivity contribution in [3.63, 3.8) is 0 Å². The summed E-state index contributed by atoms with van der Waals surface area (Å²) in [7, 11) is 0. The summed E-state index contributed by atoms with van der Waals surface area (Å²) in [5.74, 6) is 1.50. The van der Waals surface area contributed by atoms with Crippen LogP contribution in [0.1, 0.15) is 72.1 Å². The molecule has 0 aliphatic heterocycles. The van der Waals surface area contributed by atoms with Gasteiger partial charge in [0.15, 0.2) is 0 Å². The monoisotopic (exact) mass is 212 g/mol. The van der Waals surface area contributed by atoms with Gasteiger partial charge in [0.1, 0.15) is 0 Å². The standard InChI is InChI=1S/C14H28O/c1-4-12(5-2)10-14(15)9-7-8-13(6-3)11-14/h12-13,15H,4-11H2,1-3H3. The molecule has 0 aromatic rings. The smallest absolute Gasteiger partial charge is 0.0653 e. The SMILES string of the molecule is CCC(CC)CC1(O)CCCC(CC)C1. The summed E-state index contributed by atoms with van der Waals surface area (Å²) >= 11 is 0. The van der Waals surface area contributed by atoms with Gasteiger partial charge in [0, 0.05) is 0 Å². The summed E-state index contributed by atoms with van der Waals surface area (Å²) < 4.78 is 0. The lowest BCUT2D eigenvalue weighted by atomic mass is 9.72. The molecule has 0 amide bonds. The van der Waals surface area contributed by atoms with Gasteiger partial charge in [-0.15, -0.1) is 0 Å². The first kappa shape index (κ1) is 13.0. The second-order valence-corrected chi connectivity index (χ2v) is 5.48. The van der Waals surface area contributed by atoms with Crippen molar-refractivity contribution in [3.05, 3.63) is 0 Å². The molecule has 1 aliphatic carbocycles. The zero-order chi connectivity index (χ0) is 11.3. The van der Waals surface area contributed by atoms with E-state index in [1.165, 1.54) is 32.1 Å². The van der Waals surface area contributed by atoms with E-state index in [1.54, 1.807) is 0 Å². The van der Waals surface area contributed by atoms with Crippen LogP contribution < -0.4 is 0 Å². The van der Waals surface area contributed by atoms with E-state index in [0.29, 0.717) is 0 Å². The van der Waals surface area contributed by atoms with Gasteiger partial charge in [0.25, 0.3) is 0 Å². The van der Waals surface area contributed by atoms with Gasteiger partial charge in [-0.1, -0.05) is 52.9 Å². The highest BCUT2D eigenvalue weighted by molar-refractivity contribution is 4.87. The van der Waals surface area contributed by atoms with E-state index in [-0.39, 0.29) is 5.60 Å². The van der Waals surface area contributed by atoms with Crippen LogP contribution in [-0.2, 0) is 0 Å². The average molecular weight is 212 g/mol. The largest absolute Gasteiger partial charge is 0.390 e. The Hall–Kier alpha value is -0.0400. The zero-order valence-electron chi connectivity index (χ0n) is 10.8. The lowest BCUT2D eigenvalue weighted by Gasteiger charge is -2.38. The Morgan fingerprint density at radius 1 is 1.27 bits per heavy atom. The number of aliphatic hydroxyl groups is 1. The molecule has 1 aliphatic rings. The third-order valence-corrected chi connectivity index (χ3v) is 4.32. The quantitative estimate of drug-likeness (QED) is 0.726. The second kappa shape index (κ2) is 5.89. The van der Waals surface area contributed by atoms with Gasteiger partial charge in [-0.05, 0) is 31.1 Å². The van der Waals surface area contributed by atoms with Crippen molar-refractivity contribution < 1.29 is 5.11 Å². The molecule has 1 saturated carbocycles. The van der Waals surface area contributed by atoms with E-state index in [4.69, 9.17) is 0 Å². The third kappa shape index (κ3) is 3.79. The van der Waals surface area contributed by atoms with Gasteiger partial charge in [0.2, 0.25) is 0 Å². The van der Waals surface area contributed by atoms with Crippen molar-refractivity contribution in [2.24, 2.45) is 11.8 Å². The van der Waals surface area contributed by atoms with Crippen LogP contribution in [0.4, 0.5) is 0 Å². The molecule has 2 unspecified atom stereocenters. The molecule has 0 radical (unpaired) electrons. The highest BCUT2D eigenvalue weighted by atomic mass is 16.3. The van der Waals surface area contributed by atoms with E-state index < -0.39 is 0 Å². The summed E-state index contributed by atoms with van der Waals surface area (Å²) in [6.45, 7) is 6.75. The van der Waals surface area contributed by atoms with E-state index in [2.05, 4.69) is 20.8 Å². The highest BCUT2D eigenvalue weighted by Crippen LogP contribution is 2.39. The Bertz CT molecular complexity index is 174. The van der Waals surface area contributed by atoms with Crippen LogP contribution >= 0.6 is 0 Å². The molecule has 2 atom stereocenters. The molecule has 15 heavy (non-hydrogen) atoms. The van der Waals surface area contributed by atoms with Crippen LogP contribution in [-0.4, -0.2) is 10.7 Å². The molecule has 0 aromatic heterocycles. The minimum absolute atomic E-state index is 0.324. The highest BCUT2D eigenvalue weighted by Gasteiger charge is 2.34. The molecule has 1 heteroatoms. The Kier molecular flexibility index (Phi) is 5.11. The van der Waals surface area contributed by atoms with E-state index >= 15 is 0 Å². The molecule has 1 fully saturated rings. The van der Waals surface area contributed by atoms with Crippen LogP contribution in [0.5, 0.6) is 0 Å². The maximum atomic E-state index is 10.6. The van der Waals surface area contributed by atoms with Crippen molar-refractivity contribution in [1.29, 1.82) is 0 Å². The van der Waals surface area contributed by atoms with Crippen LogP contribution in [0, 0.1) is 11.8 Å². The minimum atomic E-state index is -0.324. The van der Waals surface area contributed by atoms with E-state index in [0.717, 1.165) is 31.1 Å². The van der Waals surface area contributed by atoms with Crippen LogP contribution in [0.2, 0.25) is 0 Å². The fourth-order valence-electron chi connectivity index (χ4n) is 3.11. The summed E-state index contributed by atoms with van der Waals surface area (Å²) in [5, 5.41) is 10.6. The molecule has 0 aromatic carbocycles. The van der Waals surface area contributed by atoms with Crippen LogP contribution in [0.25, 0.3) is 0 Å². The summed E-state index contributed by atoms with van der Waals surface area (Å²) in [6.07, 6.45) is 9.38. The molecule has 0 saturated heterocycles. The van der Waals surface area contributed by atoms with Crippen molar-refractivity contribution in [1.82, 2.24) is 0 Å². The van der Waals surface area contributed by atoms with Gasteiger partial charge in [-0.3, -0.25) is 0 Å². The average Bonchev–Trinajstić information content (AvgIpc) is 2.26. The summed E-state index contributed by atoms with van der Waals surface area (Å²) in [5.41, 5.74) is -0.324. The van der Waals surface area contributed by atoms with Crippen molar-refractivity contribution in [3.8, 4) is 0 Å². The summed E-state index contributed by atoms with van der Waals surface area (Å²) in [6, 6.07) is 0. The van der Waals surface area contributed by atoms with Gasteiger partial charge in [-0.2, -0.15) is 0 Å². The molecular formula is C14H28O. The molecule has 1 rings (SSSR count). The molecule has 0 spiro atoms. The minimum Gasteiger partial charge on any atom is -0.390 e. The fraction of sp³-hybridized carbons (Fsp3) is 1.00. The Morgan fingerprint density at radius 2 is 1.93 bits per heavy atom. The number of hydrogen-bond donors (Lipinski definition) is 1. The fourth-order valence-corrected chi connectivity index (χ4v) is 3.11. The van der Waals surface area contributed by atoms with E-state index in [9.17, 15) is 5.11 Å². The zero-order valence-corrected chi connectivity index (χ0v) is 10.8. The lowest BCUT2D eigenvalue weighted by molar-refractivity contribution is -0.0368. The Balaban J connectivity index is 2.49. The molecule has 0 bridgehead atoms. The molecule has 90 valence electrons. The molecule has 0 heterocycles. The lowest BCUT2D eigenvalue weighted by Crippen LogP contribution is -2.37. The number of rotatable bonds is 5. The second-order valence-electron chi connectivity index (χ2n) is 5.48. The Morgan fingerprint density at radius 3 is 2.47 bits per heavy atom. The van der Waals surface area contributed by atoms with Gasteiger partial charge in [-0.25, -0.2) is 0 Å². The first-order valence-electron chi connectivity index (χ1n) is 6.86. The van der Waals surface area contributed by atoms with Crippen LogP contribution in [0.15, 0.2) is 0 Å². The van der Waals surface area contributed by atoms with Crippen molar-refractivity contribution in [2.75, 3.05) is 0 Å². The van der Waals surface area contributed by atoms with Crippen molar-refractivity contribution in [2.45, 2.75) is 77.7 Å². The number of hydrogen-bond acceptors (Lipinski definition) is 1. The third-order valence-electron chi connectivity index (χ3n) is 4.32. The van der Waals surface area contributed by atoms with Gasteiger partial charge >= 0.3 is 0 Å². The first-order valence-corrected chi connectivity index (χ1v) is 6.86.